The third kappa shape index (κ3) is 2.41. The monoisotopic (exact) mass is 248 g/mol. The zero-order chi connectivity index (χ0) is 13.0. The maximum atomic E-state index is 12.6. The van der Waals surface area contributed by atoms with Crippen molar-refractivity contribution in [1.29, 1.82) is 0 Å². The predicted octanol–water partition coefficient (Wildman–Crippen LogP) is 3.23. The van der Waals surface area contributed by atoms with Gasteiger partial charge in [-0.25, -0.2) is 0 Å². The topological polar surface area (TPSA) is 35.5 Å². The van der Waals surface area contributed by atoms with E-state index in [1.54, 1.807) is 13.2 Å². The summed E-state index contributed by atoms with van der Waals surface area (Å²) in [5.41, 5.74) is 0.0888. The van der Waals surface area contributed by atoms with Crippen LogP contribution in [0.1, 0.15) is 43.0 Å². The lowest BCUT2D eigenvalue weighted by Crippen LogP contribution is -2.38. The van der Waals surface area contributed by atoms with Gasteiger partial charge in [0.05, 0.1) is 7.11 Å². The van der Waals surface area contributed by atoms with Gasteiger partial charge in [0.15, 0.2) is 5.78 Å². The highest BCUT2D eigenvalue weighted by molar-refractivity contribution is 6.03. The summed E-state index contributed by atoms with van der Waals surface area (Å²) in [6, 6.07) is 7.32. The molecule has 1 saturated carbocycles. The Morgan fingerprint density at radius 2 is 2.06 bits per heavy atom. The maximum absolute atomic E-state index is 12.6. The van der Waals surface area contributed by atoms with E-state index in [2.05, 4.69) is 0 Å². The highest BCUT2D eigenvalue weighted by Gasteiger charge is 2.42. The van der Waals surface area contributed by atoms with Gasteiger partial charge in [0, 0.05) is 12.2 Å². The van der Waals surface area contributed by atoms with E-state index in [1.165, 1.54) is 0 Å². The predicted molar refractivity (Wildman–Crippen MR) is 70.1 cm³/mol. The third-order valence-corrected chi connectivity index (χ3v) is 3.58. The molecule has 0 aliphatic heterocycles. The van der Waals surface area contributed by atoms with Gasteiger partial charge in [0.2, 0.25) is 0 Å². The molecular formula is C15H20O3. The second-order valence-electron chi connectivity index (χ2n) is 4.70. The van der Waals surface area contributed by atoms with Crippen molar-refractivity contribution in [2.75, 3.05) is 13.7 Å². The van der Waals surface area contributed by atoms with Crippen molar-refractivity contribution in [2.45, 2.75) is 38.2 Å². The lowest BCUT2D eigenvalue weighted by Gasteiger charge is -2.27. The standard InChI is InChI=1S/C15H20O3/c1-3-18-15(9-4-5-10-15)14(16)12-7-6-8-13(11-12)17-2/h6-8,11H,3-5,9-10H2,1-2H3. The first-order valence-corrected chi connectivity index (χ1v) is 6.54. The van der Waals surface area contributed by atoms with Crippen LogP contribution in [0, 0.1) is 0 Å². The Kier molecular flexibility index (Phi) is 4.02. The molecule has 98 valence electrons. The molecule has 0 heterocycles. The maximum Gasteiger partial charge on any atom is 0.194 e. The second kappa shape index (κ2) is 5.53. The average molecular weight is 248 g/mol. The second-order valence-corrected chi connectivity index (χ2v) is 4.70. The summed E-state index contributed by atoms with van der Waals surface area (Å²) in [4.78, 5) is 12.6. The lowest BCUT2D eigenvalue weighted by molar-refractivity contribution is -0.0163. The van der Waals surface area contributed by atoms with Crippen LogP contribution in [0.3, 0.4) is 0 Å². The average Bonchev–Trinajstić information content (AvgIpc) is 2.88. The Labute approximate surface area is 108 Å². The molecule has 18 heavy (non-hydrogen) atoms. The van der Waals surface area contributed by atoms with Crippen LogP contribution in [0.2, 0.25) is 0 Å². The van der Waals surface area contributed by atoms with Gasteiger partial charge in [-0.1, -0.05) is 12.1 Å². The third-order valence-electron chi connectivity index (χ3n) is 3.58. The molecule has 0 aromatic heterocycles. The van der Waals surface area contributed by atoms with Crippen LogP contribution in [0.15, 0.2) is 24.3 Å². The van der Waals surface area contributed by atoms with Crippen LogP contribution in [0.5, 0.6) is 5.75 Å². The molecule has 1 aliphatic rings. The number of benzene rings is 1. The minimum absolute atomic E-state index is 0.0979. The normalized spacial score (nSPS) is 17.7. The molecule has 2 rings (SSSR count). The number of hydrogen-bond acceptors (Lipinski definition) is 3. The largest absolute Gasteiger partial charge is 0.497 e. The fourth-order valence-electron chi connectivity index (χ4n) is 2.69. The van der Waals surface area contributed by atoms with Crippen molar-refractivity contribution in [2.24, 2.45) is 0 Å². The number of hydrogen-bond donors (Lipinski definition) is 0. The Hall–Kier alpha value is -1.35. The molecule has 0 spiro atoms. The van der Waals surface area contributed by atoms with Gasteiger partial charge in [-0.2, -0.15) is 0 Å². The first kappa shape index (κ1) is 13.1. The molecule has 0 bridgehead atoms. The first-order valence-electron chi connectivity index (χ1n) is 6.54. The summed E-state index contributed by atoms with van der Waals surface area (Å²) in [6.45, 7) is 2.52. The fourth-order valence-corrected chi connectivity index (χ4v) is 2.69. The summed E-state index contributed by atoms with van der Waals surface area (Å²) >= 11 is 0. The zero-order valence-electron chi connectivity index (χ0n) is 11.1. The summed E-state index contributed by atoms with van der Waals surface area (Å²) in [5, 5.41) is 0. The van der Waals surface area contributed by atoms with Crippen LogP contribution < -0.4 is 4.74 Å². The van der Waals surface area contributed by atoms with Gasteiger partial charge in [-0.3, -0.25) is 4.79 Å². The van der Waals surface area contributed by atoms with E-state index >= 15 is 0 Å². The van der Waals surface area contributed by atoms with Crippen molar-refractivity contribution < 1.29 is 14.3 Å². The van der Waals surface area contributed by atoms with E-state index < -0.39 is 5.60 Å². The molecule has 3 nitrogen and oxygen atoms in total. The molecule has 1 aliphatic carbocycles. The molecule has 0 unspecified atom stereocenters. The Balaban J connectivity index is 2.27. The SMILES string of the molecule is CCOC1(C(=O)c2cccc(OC)c2)CCCC1. The molecular weight excluding hydrogens is 228 g/mol. The van der Waals surface area contributed by atoms with Gasteiger partial charge in [-0.15, -0.1) is 0 Å². The van der Waals surface area contributed by atoms with E-state index in [-0.39, 0.29) is 5.78 Å². The number of ether oxygens (including phenoxy) is 2. The molecule has 0 saturated heterocycles. The molecule has 1 aromatic carbocycles. The van der Waals surface area contributed by atoms with Gasteiger partial charge >= 0.3 is 0 Å². The molecule has 3 heteroatoms. The van der Waals surface area contributed by atoms with Crippen molar-refractivity contribution in [1.82, 2.24) is 0 Å². The summed E-state index contributed by atoms with van der Waals surface area (Å²) in [7, 11) is 1.61. The molecule has 0 radical (unpaired) electrons. The van der Waals surface area contributed by atoms with Gasteiger partial charge < -0.3 is 9.47 Å². The summed E-state index contributed by atoms with van der Waals surface area (Å²) in [5.74, 6) is 0.811. The van der Waals surface area contributed by atoms with Crippen molar-refractivity contribution >= 4 is 5.78 Å². The molecule has 0 N–H and O–H groups in total. The van der Waals surface area contributed by atoms with Gasteiger partial charge in [0.1, 0.15) is 11.4 Å². The van der Waals surface area contributed by atoms with Crippen LogP contribution in [-0.2, 0) is 4.74 Å². The minimum atomic E-state index is -0.596. The zero-order valence-corrected chi connectivity index (χ0v) is 11.1. The van der Waals surface area contributed by atoms with Gasteiger partial charge in [-0.05, 0) is 44.7 Å². The number of carbonyl (C=O) groups excluding carboxylic acids is 1. The summed E-state index contributed by atoms with van der Waals surface area (Å²) < 4.78 is 11.0. The van der Waals surface area contributed by atoms with Crippen molar-refractivity contribution in [3.63, 3.8) is 0 Å². The highest BCUT2D eigenvalue weighted by atomic mass is 16.5. The smallest absolute Gasteiger partial charge is 0.194 e. The fraction of sp³-hybridized carbons (Fsp3) is 0.533. The number of ketones is 1. The number of carbonyl (C=O) groups is 1. The Bertz CT molecular complexity index is 420. The lowest BCUT2D eigenvalue weighted by atomic mass is 9.91. The van der Waals surface area contributed by atoms with Crippen molar-refractivity contribution in [3.05, 3.63) is 29.8 Å². The number of methoxy groups -OCH3 is 1. The Morgan fingerprint density at radius 3 is 2.67 bits per heavy atom. The quantitative estimate of drug-likeness (QED) is 0.750. The van der Waals surface area contributed by atoms with Gasteiger partial charge in [0.25, 0.3) is 0 Å². The molecule has 1 fully saturated rings. The van der Waals surface area contributed by atoms with Crippen LogP contribution in [0.4, 0.5) is 0 Å². The van der Waals surface area contributed by atoms with E-state index in [0.29, 0.717) is 17.9 Å². The van der Waals surface area contributed by atoms with Crippen molar-refractivity contribution in [3.8, 4) is 5.75 Å². The van der Waals surface area contributed by atoms with E-state index in [4.69, 9.17) is 9.47 Å². The van der Waals surface area contributed by atoms with Crippen LogP contribution >= 0.6 is 0 Å². The number of Topliss-reactive ketones (excluding diaryl/α,β-unsaturated/α-hetero) is 1. The minimum Gasteiger partial charge on any atom is -0.497 e. The highest BCUT2D eigenvalue weighted by Crippen LogP contribution is 2.36. The van der Waals surface area contributed by atoms with E-state index in [0.717, 1.165) is 25.7 Å². The van der Waals surface area contributed by atoms with E-state index in [9.17, 15) is 4.79 Å². The molecule has 1 aromatic rings. The van der Waals surface area contributed by atoms with Crippen LogP contribution in [-0.4, -0.2) is 25.1 Å². The van der Waals surface area contributed by atoms with Crippen LogP contribution in [0.25, 0.3) is 0 Å². The Morgan fingerprint density at radius 1 is 1.33 bits per heavy atom. The summed E-state index contributed by atoms with van der Waals surface area (Å²) in [6.07, 6.45) is 3.79. The van der Waals surface area contributed by atoms with E-state index in [1.807, 2.05) is 25.1 Å². The molecule has 0 amide bonds. The molecule has 0 atom stereocenters. The number of rotatable bonds is 5. The first-order chi connectivity index (χ1) is 8.72.